The van der Waals surface area contributed by atoms with Crippen molar-refractivity contribution >= 4 is 5.91 Å². The maximum absolute atomic E-state index is 10.6. The highest BCUT2D eigenvalue weighted by atomic mass is 16.5. The van der Waals surface area contributed by atoms with Gasteiger partial charge < -0.3 is 5.11 Å². The molecule has 0 spiro atoms. The summed E-state index contributed by atoms with van der Waals surface area (Å²) < 4.78 is 0. The molecule has 0 aliphatic carbocycles. The van der Waals surface area contributed by atoms with Crippen LogP contribution >= 0.6 is 0 Å². The summed E-state index contributed by atoms with van der Waals surface area (Å²) in [4.78, 5) is 10.6. The van der Waals surface area contributed by atoms with Crippen molar-refractivity contribution in [2.24, 2.45) is 5.92 Å². The molecule has 1 amide bonds. The molecule has 0 aliphatic rings. The Hall–Kier alpha value is -0.610. The van der Waals surface area contributed by atoms with E-state index in [-0.39, 0.29) is 0 Å². The summed E-state index contributed by atoms with van der Waals surface area (Å²) in [7, 11) is 0. The van der Waals surface area contributed by atoms with E-state index in [1.54, 1.807) is 13.8 Å². The third-order valence-electron chi connectivity index (χ3n) is 1.52. The summed E-state index contributed by atoms with van der Waals surface area (Å²) in [5.74, 6) is -1.09. The van der Waals surface area contributed by atoms with Gasteiger partial charge in [-0.15, -0.1) is 0 Å². The lowest BCUT2D eigenvalue weighted by Gasteiger charge is -2.13. The highest BCUT2D eigenvalue weighted by Crippen LogP contribution is 2.05. The standard InChI is InChI=1S/C6H13NO3/c1-3-5(8)4(2)6(9)7-10/h4-5,8,10H,3H2,1-2H3,(H,7,9). The van der Waals surface area contributed by atoms with E-state index in [0.29, 0.717) is 6.42 Å². The van der Waals surface area contributed by atoms with Gasteiger partial charge >= 0.3 is 0 Å². The molecule has 4 nitrogen and oxygen atoms in total. The Balaban J connectivity index is 3.81. The zero-order chi connectivity index (χ0) is 8.15. The summed E-state index contributed by atoms with van der Waals surface area (Å²) in [6.45, 7) is 3.32. The molecular weight excluding hydrogens is 134 g/mol. The molecule has 4 heteroatoms. The summed E-state index contributed by atoms with van der Waals surface area (Å²) in [6, 6.07) is 0. The van der Waals surface area contributed by atoms with E-state index in [4.69, 9.17) is 10.3 Å². The van der Waals surface area contributed by atoms with Gasteiger partial charge in [-0.3, -0.25) is 10.0 Å². The third kappa shape index (κ3) is 2.33. The fraction of sp³-hybridized carbons (Fsp3) is 0.833. The van der Waals surface area contributed by atoms with Gasteiger partial charge in [-0.25, -0.2) is 5.48 Å². The van der Waals surface area contributed by atoms with Crippen molar-refractivity contribution in [2.45, 2.75) is 26.4 Å². The van der Waals surface area contributed by atoms with Crippen LogP contribution in [-0.4, -0.2) is 22.3 Å². The molecule has 0 saturated heterocycles. The van der Waals surface area contributed by atoms with E-state index in [0.717, 1.165) is 0 Å². The Labute approximate surface area is 59.8 Å². The minimum atomic E-state index is -0.674. The van der Waals surface area contributed by atoms with E-state index in [1.807, 2.05) is 0 Å². The molecule has 0 aromatic carbocycles. The quantitative estimate of drug-likeness (QED) is 0.385. The maximum Gasteiger partial charge on any atom is 0.248 e. The second kappa shape index (κ2) is 4.24. The Morgan fingerprint density at radius 3 is 2.50 bits per heavy atom. The third-order valence-corrected chi connectivity index (χ3v) is 1.52. The second-order valence-electron chi connectivity index (χ2n) is 2.24. The van der Waals surface area contributed by atoms with Gasteiger partial charge in [0, 0.05) is 0 Å². The van der Waals surface area contributed by atoms with E-state index < -0.39 is 17.9 Å². The minimum Gasteiger partial charge on any atom is -0.392 e. The summed E-state index contributed by atoms with van der Waals surface area (Å²) >= 11 is 0. The average molecular weight is 147 g/mol. The van der Waals surface area contributed by atoms with Crippen LogP contribution in [-0.2, 0) is 4.79 Å². The number of nitrogens with one attached hydrogen (secondary N) is 1. The molecule has 0 aromatic heterocycles. The number of carbonyl (C=O) groups is 1. The van der Waals surface area contributed by atoms with Crippen LogP contribution in [0.5, 0.6) is 0 Å². The van der Waals surface area contributed by atoms with Crippen molar-refractivity contribution < 1.29 is 15.1 Å². The molecule has 10 heavy (non-hydrogen) atoms. The number of hydrogen-bond donors (Lipinski definition) is 3. The van der Waals surface area contributed by atoms with Gasteiger partial charge in [0.15, 0.2) is 0 Å². The fourth-order valence-electron chi connectivity index (χ4n) is 0.630. The molecule has 0 bridgehead atoms. The lowest BCUT2D eigenvalue weighted by molar-refractivity contribution is -0.136. The number of rotatable bonds is 3. The number of amides is 1. The number of aliphatic hydroxyl groups excluding tert-OH is 1. The van der Waals surface area contributed by atoms with Gasteiger partial charge in [-0.2, -0.15) is 0 Å². The predicted molar refractivity (Wildman–Crippen MR) is 35.4 cm³/mol. The molecule has 0 heterocycles. The summed E-state index contributed by atoms with van der Waals surface area (Å²) in [5.41, 5.74) is 1.48. The zero-order valence-electron chi connectivity index (χ0n) is 6.16. The normalized spacial score (nSPS) is 16.0. The molecule has 60 valence electrons. The van der Waals surface area contributed by atoms with E-state index in [1.165, 1.54) is 5.48 Å². The Morgan fingerprint density at radius 2 is 2.20 bits per heavy atom. The van der Waals surface area contributed by atoms with Crippen LogP contribution in [0.25, 0.3) is 0 Å². The molecule has 0 rings (SSSR count). The van der Waals surface area contributed by atoms with Crippen LogP contribution < -0.4 is 5.48 Å². The van der Waals surface area contributed by atoms with Crippen molar-refractivity contribution in [1.29, 1.82) is 0 Å². The fourth-order valence-corrected chi connectivity index (χ4v) is 0.630. The van der Waals surface area contributed by atoms with Crippen LogP contribution in [0.3, 0.4) is 0 Å². The lowest BCUT2D eigenvalue weighted by atomic mass is 10.0. The zero-order valence-corrected chi connectivity index (χ0v) is 6.16. The van der Waals surface area contributed by atoms with Crippen molar-refractivity contribution in [1.82, 2.24) is 5.48 Å². The molecule has 2 unspecified atom stereocenters. The SMILES string of the molecule is CCC(O)C(C)C(=O)NO. The number of carbonyl (C=O) groups excluding carboxylic acids is 1. The number of aliphatic hydroxyl groups is 1. The molecule has 0 radical (unpaired) electrons. The Morgan fingerprint density at radius 1 is 1.70 bits per heavy atom. The van der Waals surface area contributed by atoms with Crippen molar-refractivity contribution in [3.05, 3.63) is 0 Å². The van der Waals surface area contributed by atoms with Gasteiger partial charge in [0.2, 0.25) is 5.91 Å². The van der Waals surface area contributed by atoms with Crippen LogP contribution in [0.4, 0.5) is 0 Å². The second-order valence-corrected chi connectivity index (χ2v) is 2.24. The first kappa shape index (κ1) is 9.39. The first-order valence-corrected chi connectivity index (χ1v) is 3.25. The van der Waals surface area contributed by atoms with E-state index in [9.17, 15) is 4.79 Å². The topological polar surface area (TPSA) is 69.6 Å². The predicted octanol–water partition coefficient (Wildman–Crippen LogP) is -0.101. The van der Waals surface area contributed by atoms with Gasteiger partial charge in [0.05, 0.1) is 12.0 Å². The molecular formula is C6H13NO3. The lowest BCUT2D eigenvalue weighted by Crippen LogP contribution is -2.33. The van der Waals surface area contributed by atoms with Crippen molar-refractivity contribution in [2.75, 3.05) is 0 Å². The molecule has 0 aliphatic heterocycles. The van der Waals surface area contributed by atoms with Gasteiger partial charge in [-0.05, 0) is 6.42 Å². The van der Waals surface area contributed by atoms with Crippen LogP contribution in [0.1, 0.15) is 20.3 Å². The average Bonchev–Trinajstić information content (AvgIpc) is 2.00. The molecule has 0 saturated carbocycles. The highest BCUT2D eigenvalue weighted by Gasteiger charge is 2.19. The first-order chi connectivity index (χ1) is 4.63. The molecule has 3 N–H and O–H groups in total. The highest BCUT2D eigenvalue weighted by molar-refractivity contribution is 5.77. The number of hydroxylamine groups is 1. The largest absolute Gasteiger partial charge is 0.392 e. The smallest absolute Gasteiger partial charge is 0.248 e. The maximum atomic E-state index is 10.6. The number of hydrogen-bond acceptors (Lipinski definition) is 3. The molecule has 0 fully saturated rings. The monoisotopic (exact) mass is 147 g/mol. The Bertz CT molecular complexity index is 116. The first-order valence-electron chi connectivity index (χ1n) is 3.25. The minimum absolute atomic E-state index is 0.509. The molecule has 0 aromatic rings. The van der Waals surface area contributed by atoms with Crippen LogP contribution in [0, 0.1) is 5.92 Å². The molecule has 2 atom stereocenters. The van der Waals surface area contributed by atoms with Crippen LogP contribution in [0.15, 0.2) is 0 Å². The van der Waals surface area contributed by atoms with Gasteiger partial charge in [0.1, 0.15) is 0 Å². The summed E-state index contributed by atoms with van der Waals surface area (Å²) in [5, 5.41) is 17.2. The van der Waals surface area contributed by atoms with Gasteiger partial charge in [0.25, 0.3) is 0 Å². The van der Waals surface area contributed by atoms with Crippen LogP contribution in [0.2, 0.25) is 0 Å². The van der Waals surface area contributed by atoms with E-state index in [2.05, 4.69) is 0 Å². The van der Waals surface area contributed by atoms with Crippen molar-refractivity contribution in [3.63, 3.8) is 0 Å². The van der Waals surface area contributed by atoms with Crippen molar-refractivity contribution in [3.8, 4) is 0 Å². The Kier molecular flexibility index (Phi) is 3.99. The summed E-state index contributed by atoms with van der Waals surface area (Å²) in [6.07, 6.45) is -0.165. The van der Waals surface area contributed by atoms with E-state index >= 15 is 0 Å². The van der Waals surface area contributed by atoms with Gasteiger partial charge in [-0.1, -0.05) is 13.8 Å².